The van der Waals surface area contributed by atoms with Gasteiger partial charge in [-0.2, -0.15) is 6.07 Å². The van der Waals surface area contributed by atoms with Gasteiger partial charge in [-0.25, -0.2) is 18.1 Å². The van der Waals surface area contributed by atoms with Crippen LogP contribution in [0.25, 0.3) is 10.8 Å². The molecule has 2 aliphatic rings. The molecule has 0 bridgehead atoms. The van der Waals surface area contributed by atoms with Gasteiger partial charge in [-0.3, -0.25) is 0 Å². The Balaban J connectivity index is 0.000000290. The number of benzene rings is 3. The zero-order valence-electron chi connectivity index (χ0n) is 18.9. The van der Waals surface area contributed by atoms with Crippen LogP contribution in [0.4, 0.5) is 0 Å². The molecule has 0 spiro atoms. The minimum absolute atomic E-state index is 0. The average molecular weight is 668 g/mol. The fourth-order valence-electron chi connectivity index (χ4n) is 4.53. The second-order valence-electron chi connectivity index (χ2n) is 8.16. The normalized spacial score (nSPS) is 15.4. The molecule has 0 heterocycles. The molecule has 0 N–H and O–H groups in total. The third kappa shape index (κ3) is 6.79. The molecule has 0 nitrogen and oxygen atoms in total. The second kappa shape index (κ2) is 14.2. The molecule has 0 aliphatic heterocycles. The number of hydrogen-bond donors (Lipinski definition) is 0. The van der Waals surface area contributed by atoms with Crippen molar-refractivity contribution in [3.8, 4) is 0 Å². The van der Waals surface area contributed by atoms with Crippen LogP contribution in [0.1, 0.15) is 19.3 Å². The maximum absolute atomic E-state index is 2.37. The van der Waals surface area contributed by atoms with E-state index in [1.165, 1.54) is 45.9 Å². The first kappa shape index (κ1) is 28.7. The molecule has 0 saturated heterocycles. The predicted molar refractivity (Wildman–Crippen MR) is 137 cm³/mol. The minimum atomic E-state index is -0.493. The zero-order valence-corrected chi connectivity index (χ0v) is 24.9. The maximum atomic E-state index is 2.37. The molecular weight excluding hydrogens is 641 g/mol. The van der Waals surface area contributed by atoms with Crippen molar-refractivity contribution < 1.29 is 50.7 Å². The standard InChI is InChI=1S/C21H16P.C9H11.2ClH.Hf/c1-3-11-19(12-4-1)22(20-13-5-2-6-14-20)21-15-17-9-7-8-10-18(17)16-21;1-2-5-9-7-3-6-8(9)4-1;;;/h1-16H;1-2,4,6,9H,3,5,7H2;2*1H;/q2*-1;;;+4/p-2. The Morgan fingerprint density at radius 2 is 1.38 bits per heavy atom. The van der Waals surface area contributed by atoms with E-state index in [9.17, 15) is 0 Å². The Kier molecular flexibility index (Phi) is 12.0. The third-order valence-corrected chi connectivity index (χ3v) is 8.51. The van der Waals surface area contributed by atoms with E-state index in [4.69, 9.17) is 0 Å². The van der Waals surface area contributed by atoms with Crippen LogP contribution >= 0.6 is 7.92 Å². The van der Waals surface area contributed by atoms with Crippen molar-refractivity contribution in [2.75, 3.05) is 0 Å². The van der Waals surface area contributed by atoms with Crippen molar-refractivity contribution in [1.29, 1.82) is 0 Å². The number of hydrogen-bond acceptors (Lipinski definition) is 0. The van der Waals surface area contributed by atoms with Gasteiger partial charge in [0, 0.05) is 0 Å². The molecule has 0 amide bonds. The van der Waals surface area contributed by atoms with Gasteiger partial charge in [0.2, 0.25) is 0 Å². The summed E-state index contributed by atoms with van der Waals surface area (Å²) in [6, 6.07) is 35.0. The summed E-state index contributed by atoms with van der Waals surface area (Å²) in [6.45, 7) is 0. The van der Waals surface area contributed by atoms with Crippen molar-refractivity contribution in [1.82, 2.24) is 0 Å². The number of allylic oxidation sites excluding steroid dienone is 4. The Morgan fingerprint density at radius 1 is 0.765 bits per heavy atom. The van der Waals surface area contributed by atoms with E-state index in [0.29, 0.717) is 0 Å². The molecule has 1 atom stereocenters. The fourth-order valence-corrected chi connectivity index (χ4v) is 6.90. The van der Waals surface area contributed by atoms with Crippen molar-refractivity contribution in [2.24, 2.45) is 5.92 Å². The summed E-state index contributed by atoms with van der Waals surface area (Å²) < 4.78 is 0. The summed E-state index contributed by atoms with van der Waals surface area (Å²) >= 11 is 0. The Hall–Kier alpha value is -1.50. The molecule has 4 aromatic carbocycles. The molecule has 0 aromatic heterocycles. The van der Waals surface area contributed by atoms with Crippen molar-refractivity contribution in [3.63, 3.8) is 0 Å². The summed E-state index contributed by atoms with van der Waals surface area (Å²) in [7, 11) is -0.493. The quantitative estimate of drug-likeness (QED) is 0.173. The molecule has 2 aliphatic carbocycles. The molecule has 0 radical (unpaired) electrons. The van der Waals surface area contributed by atoms with Gasteiger partial charge in [0.1, 0.15) is 0 Å². The van der Waals surface area contributed by atoms with Crippen LogP contribution in [-0.4, -0.2) is 0 Å². The topological polar surface area (TPSA) is 0 Å². The Labute approximate surface area is 236 Å². The van der Waals surface area contributed by atoms with Gasteiger partial charge < -0.3 is 24.8 Å². The molecular formula is C30H27Cl2HfP. The number of fused-ring (bicyclic) bond motifs is 2. The fraction of sp³-hybridized carbons (Fsp3) is 0.133. The van der Waals surface area contributed by atoms with Gasteiger partial charge in [0.25, 0.3) is 0 Å². The molecule has 1 saturated carbocycles. The van der Waals surface area contributed by atoms with E-state index >= 15 is 0 Å². The third-order valence-electron chi connectivity index (χ3n) is 6.10. The Morgan fingerprint density at radius 3 is 2.00 bits per heavy atom. The van der Waals surface area contributed by atoms with Crippen LogP contribution in [0.5, 0.6) is 0 Å². The van der Waals surface area contributed by atoms with E-state index in [2.05, 4.69) is 122 Å². The van der Waals surface area contributed by atoms with E-state index in [-0.39, 0.29) is 50.7 Å². The monoisotopic (exact) mass is 668 g/mol. The molecule has 34 heavy (non-hydrogen) atoms. The predicted octanol–water partition coefficient (Wildman–Crippen LogP) is 0.809. The van der Waals surface area contributed by atoms with Gasteiger partial charge in [-0.15, -0.1) is 58.9 Å². The van der Waals surface area contributed by atoms with Gasteiger partial charge in [0.15, 0.2) is 0 Å². The smallest absolute Gasteiger partial charge is 1.00 e. The van der Waals surface area contributed by atoms with Gasteiger partial charge >= 0.3 is 25.8 Å². The van der Waals surface area contributed by atoms with Gasteiger partial charge in [-0.05, 0) is 30.9 Å². The Bertz CT molecular complexity index is 1130. The summed E-state index contributed by atoms with van der Waals surface area (Å²) in [5.74, 6) is 0.884. The van der Waals surface area contributed by atoms with E-state index in [1.54, 1.807) is 5.57 Å². The molecule has 6 rings (SSSR count). The summed E-state index contributed by atoms with van der Waals surface area (Å²) in [4.78, 5) is 0. The minimum Gasteiger partial charge on any atom is -1.00 e. The van der Waals surface area contributed by atoms with Crippen molar-refractivity contribution >= 4 is 34.6 Å². The number of halogens is 2. The first-order chi connectivity index (χ1) is 15.4. The summed E-state index contributed by atoms with van der Waals surface area (Å²) in [5, 5.41) is 6.89. The van der Waals surface area contributed by atoms with E-state index < -0.39 is 7.92 Å². The molecule has 4 heteroatoms. The average Bonchev–Trinajstić information content (AvgIpc) is 3.48. The molecule has 1 unspecified atom stereocenters. The van der Waals surface area contributed by atoms with Crippen LogP contribution in [0.2, 0.25) is 0 Å². The second-order valence-corrected chi connectivity index (χ2v) is 10.4. The zero-order chi connectivity index (χ0) is 20.9. The van der Waals surface area contributed by atoms with Crippen LogP contribution in [0.15, 0.2) is 121 Å². The first-order valence-electron chi connectivity index (χ1n) is 11.1. The SMILES string of the molecule is C1=CCC2CC[CH-]C2=C1.[Cl-].[Cl-].[Hf+4].c1ccc(P(c2ccccc2)c2cc3ccccc3[cH-]2)cc1. The van der Waals surface area contributed by atoms with Crippen LogP contribution in [0, 0.1) is 12.3 Å². The van der Waals surface area contributed by atoms with Crippen molar-refractivity contribution in [3.05, 3.63) is 127 Å². The first-order valence-corrected chi connectivity index (χ1v) is 12.5. The van der Waals surface area contributed by atoms with Gasteiger partial charge in [0.05, 0.1) is 0 Å². The summed E-state index contributed by atoms with van der Waals surface area (Å²) in [5.41, 5.74) is 1.58. The largest absolute Gasteiger partial charge is 4.00 e. The van der Waals surface area contributed by atoms with Crippen LogP contribution in [0.3, 0.4) is 0 Å². The maximum Gasteiger partial charge on any atom is 4.00 e. The number of rotatable bonds is 3. The van der Waals surface area contributed by atoms with Gasteiger partial charge in [-0.1, -0.05) is 73.2 Å². The molecule has 170 valence electrons. The molecule has 4 aromatic rings. The van der Waals surface area contributed by atoms with E-state index in [0.717, 1.165) is 5.92 Å². The van der Waals surface area contributed by atoms with Crippen LogP contribution in [-0.2, 0) is 25.8 Å². The molecule has 1 fully saturated rings. The van der Waals surface area contributed by atoms with Crippen molar-refractivity contribution in [2.45, 2.75) is 19.3 Å². The van der Waals surface area contributed by atoms with E-state index in [1.807, 2.05) is 0 Å². The summed E-state index contributed by atoms with van der Waals surface area (Å²) in [6.07, 6.45) is 13.0. The van der Waals surface area contributed by atoms with Crippen LogP contribution < -0.4 is 40.7 Å².